The highest BCUT2D eigenvalue weighted by Gasteiger charge is 2.46. The number of Topliss-reactive ketones (excluding diaryl/α,β-unsaturated/α-hetero) is 1. The molecule has 0 amide bonds. The number of rotatable bonds is 9. The van der Waals surface area contributed by atoms with Crippen LogP contribution >= 0.6 is 0 Å². The van der Waals surface area contributed by atoms with E-state index in [1.165, 1.54) is 7.11 Å². The molecule has 0 N–H and O–H groups in total. The van der Waals surface area contributed by atoms with Crippen LogP contribution in [0.5, 0.6) is 11.5 Å². The Bertz CT molecular complexity index is 705. The summed E-state index contributed by atoms with van der Waals surface area (Å²) in [4.78, 5) is 13.5. The van der Waals surface area contributed by atoms with Crippen LogP contribution in [0.25, 0.3) is 0 Å². The normalized spacial score (nSPS) is 11.2. The highest BCUT2D eigenvalue weighted by Crippen LogP contribution is 2.39. The molecule has 2 aromatic carbocycles. The minimum absolute atomic E-state index is 0.291. The van der Waals surface area contributed by atoms with Crippen LogP contribution in [-0.4, -0.2) is 33.2 Å². The second kappa shape index (κ2) is 8.65. The smallest absolute Gasteiger partial charge is 0.265 e. The van der Waals surface area contributed by atoms with E-state index in [0.717, 1.165) is 0 Å². The van der Waals surface area contributed by atoms with Gasteiger partial charge in [0.1, 0.15) is 11.5 Å². The predicted octanol–water partition coefficient (Wildman–Crippen LogP) is 3.81. The third kappa shape index (κ3) is 3.67. The Morgan fingerprint density at radius 2 is 1.36 bits per heavy atom. The lowest BCUT2D eigenvalue weighted by Gasteiger charge is -2.33. The molecular weight excluding hydrogens is 320 g/mol. The van der Waals surface area contributed by atoms with Gasteiger partial charge in [0.15, 0.2) is 0 Å². The minimum atomic E-state index is -1.61. The van der Waals surface area contributed by atoms with Crippen molar-refractivity contribution in [3.05, 3.63) is 59.7 Å². The van der Waals surface area contributed by atoms with Gasteiger partial charge in [-0.05, 0) is 38.1 Å². The van der Waals surface area contributed by atoms with E-state index in [1.54, 1.807) is 37.4 Å². The van der Waals surface area contributed by atoms with Crippen molar-refractivity contribution in [1.29, 1.82) is 0 Å². The van der Waals surface area contributed by atoms with Gasteiger partial charge in [-0.1, -0.05) is 24.3 Å². The summed E-state index contributed by atoms with van der Waals surface area (Å²) in [6, 6.07) is 14.2. The van der Waals surface area contributed by atoms with Gasteiger partial charge >= 0.3 is 0 Å². The molecule has 0 aliphatic heterocycles. The largest absolute Gasteiger partial charge is 0.496 e. The summed E-state index contributed by atoms with van der Waals surface area (Å²) in [6.07, 6.45) is 0. The summed E-state index contributed by atoms with van der Waals surface area (Å²) in [5, 5.41) is 0. The van der Waals surface area contributed by atoms with E-state index in [2.05, 4.69) is 0 Å². The second-order valence-corrected chi connectivity index (χ2v) is 5.21. The van der Waals surface area contributed by atoms with Crippen molar-refractivity contribution in [3.63, 3.8) is 0 Å². The van der Waals surface area contributed by atoms with Gasteiger partial charge < -0.3 is 18.9 Å². The maximum Gasteiger partial charge on any atom is 0.265 e. The zero-order valence-corrected chi connectivity index (χ0v) is 15.1. The van der Waals surface area contributed by atoms with Crippen molar-refractivity contribution in [1.82, 2.24) is 0 Å². The van der Waals surface area contributed by atoms with Gasteiger partial charge in [-0.2, -0.15) is 0 Å². The zero-order valence-electron chi connectivity index (χ0n) is 15.1. The Hall–Kier alpha value is -2.37. The van der Waals surface area contributed by atoms with Crippen LogP contribution in [0.2, 0.25) is 0 Å². The molecule has 5 nitrogen and oxygen atoms in total. The number of carbonyl (C=O) groups is 1. The highest BCUT2D eigenvalue weighted by atomic mass is 16.7. The van der Waals surface area contributed by atoms with Crippen LogP contribution in [0.3, 0.4) is 0 Å². The lowest BCUT2D eigenvalue weighted by Crippen LogP contribution is -2.42. The number of ether oxygens (including phenoxy) is 4. The first-order valence-corrected chi connectivity index (χ1v) is 8.23. The van der Waals surface area contributed by atoms with Crippen molar-refractivity contribution in [3.8, 4) is 11.5 Å². The van der Waals surface area contributed by atoms with Crippen molar-refractivity contribution in [2.45, 2.75) is 19.6 Å². The number of para-hydroxylation sites is 2. The van der Waals surface area contributed by atoms with E-state index in [9.17, 15) is 4.79 Å². The molecule has 134 valence electrons. The summed E-state index contributed by atoms with van der Waals surface area (Å²) >= 11 is 0. The van der Waals surface area contributed by atoms with E-state index in [0.29, 0.717) is 35.8 Å². The summed E-state index contributed by atoms with van der Waals surface area (Å²) in [7, 11) is 3.08. The molecule has 25 heavy (non-hydrogen) atoms. The summed E-state index contributed by atoms with van der Waals surface area (Å²) in [5.41, 5.74) is 0.912. The number of carbonyl (C=O) groups excluding carboxylic acids is 1. The second-order valence-electron chi connectivity index (χ2n) is 5.21. The maximum atomic E-state index is 13.5. The van der Waals surface area contributed by atoms with Gasteiger partial charge in [-0.3, -0.25) is 4.79 Å². The first-order valence-electron chi connectivity index (χ1n) is 8.23. The molecule has 0 radical (unpaired) electrons. The predicted molar refractivity (Wildman–Crippen MR) is 95.2 cm³/mol. The molecule has 0 bridgehead atoms. The quantitative estimate of drug-likeness (QED) is 0.511. The third-order valence-electron chi connectivity index (χ3n) is 3.81. The summed E-state index contributed by atoms with van der Waals surface area (Å²) in [5.74, 6) is -0.956. The Morgan fingerprint density at radius 3 is 1.92 bits per heavy atom. The SMILES string of the molecule is CCOC(OCC)(C(=O)c1ccccc1OC)c1ccccc1OC. The van der Waals surface area contributed by atoms with Gasteiger partial charge in [0.2, 0.25) is 5.78 Å². The van der Waals surface area contributed by atoms with E-state index in [4.69, 9.17) is 18.9 Å². The van der Waals surface area contributed by atoms with Crippen molar-refractivity contribution >= 4 is 5.78 Å². The minimum Gasteiger partial charge on any atom is -0.496 e. The first-order chi connectivity index (χ1) is 12.1. The Balaban J connectivity index is 2.68. The summed E-state index contributed by atoms with van der Waals surface area (Å²) < 4.78 is 22.6. The van der Waals surface area contributed by atoms with Crippen LogP contribution in [0.4, 0.5) is 0 Å². The van der Waals surface area contributed by atoms with Crippen molar-refractivity contribution in [2.24, 2.45) is 0 Å². The van der Waals surface area contributed by atoms with E-state index < -0.39 is 5.79 Å². The number of ketones is 1. The third-order valence-corrected chi connectivity index (χ3v) is 3.81. The molecule has 0 spiro atoms. The lowest BCUT2D eigenvalue weighted by atomic mass is 9.94. The standard InChI is InChI=1S/C20H24O5/c1-5-24-20(25-6-2,16-12-8-10-14-18(16)23-4)19(21)15-11-7-9-13-17(15)22-3/h7-14H,5-6H2,1-4H3. The van der Waals surface area contributed by atoms with Crippen LogP contribution in [0.1, 0.15) is 29.8 Å². The molecule has 0 aliphatic carbocycles. The molecule has 0 unspecified atom stereocenters. The van der Waals surface area contributed by atoms with Crippen LogP contribution in [-0.2, 0) is 15.3 Å². The number of hydrogen-bond donors (Lipinski definition) is 0. The van der Waals surface area contributed by atoms with Gasteiger partial charge in [0, 0.05) is 13.2 Å². The fourth-order valence-corrected chi connectivity index (χ4v) is 2.78. The van der Waals surface area contributed by atoms with Gasteiger partial charge in [0.25, 0.3) is 5.79 Å². The van der Waals surface area contributed by atoms with E-state index >= 15 is 0 Å². The van der Waals surface area contributed by atoms with E-state index in [-0.39, 0.29) is 5.78 Å². The van der Waals surface area contributed by atoms with Gasteiger partial charge in [0.05, 0.1) is 25.3 Å². The van der Waals surface area contributed by atoms with Crippen molar-refractivity contribution < 1.29 is 23.7 Å². The molecule has 0 aliphatic rings. The van der Waals surface area contributed by atoms with Gasteiger partial charge in [-0.15, -0.1) is 0 Å². The topological polar surface area (TPSA) is 54.0 Å². The molecule has 0 aromatic heterocycles. The van der Waals surface area contributed by atoms with Crippen molar-refractivity contribution in [2.75, 3.05) is 27.4 Å². The average Bonchev–Trinajstić information content (AvgIpc) is 2.67. The monoisotopic (exact) mass is 344 g/mol. The van der Waals surface area contributed by atoms with Crippen LogP contribution in [0, 0.1) is 0 Å². The molecule has 0 saturated carbocycles. The molecule has 2 aromatic rings. The summed E-state index contributed by atoms with van der Waals surface area (Å²) in [6.45, 7) is 4.22. The highest BCUT2D eigenvalue weighted by molar-refractivity contribution is 6.04. The average molecular weight is 344 g/mol. The zero-order chi connectivity index (χ0) is 18.3. The molecule has 0 atom stereocenters. The molecular formula is C20H24O5. The fourth-order valence-electron chi connectivity index (χ4n) is 2.78. The number of methoxy groups -OCH3 is 2. The van der Waals surface area contributed by atoms with E-state index in [1.807, 2.05) is 32.0 Å². The number of hydrogen-bond acceptors (Lipinski definition) is 5. The molecule has 0 saturated heterocycles. The molecule has 0 heterocycles. The Labute approximate surface area is 148 Å². The molecule has 5 heteroatoms. The Morgan fingerprint density at radius 1 is 0.840 bits per heavy atom. The molecule has 0 fully saturated rings. The first kappa shape index (κ1) is 19.0. The lowest BCUT2D eigenvalue weighted by molar-refractivity contribution is -0.205. The maximum absolute atomic E-state index is 13.5. The van der Waals surface area contributed by atoms with Crippen LogP contribution in [0.15, 0.2) is 48.5 Å². The van der Waals surface area contributed by atoms with Gasteiger partial charge in [-0.25, -0.2) is 0 Å². The number of benzene rings is 2. The Kier molecular flexibility index (Phi) is 6.56. The van der Waals surface area contributed by atoms with Crippen LogP contribution < -0.4 is 9.47 Å². The fraction of sp³-hybridized carbons (Fsp3) is 0.350. The molecule has 2 rings (SSSR count).